The van der Waals surface area contributed by atoms with Gasteiger partial charge in [0.1, 0.15) is 5.75 Å². The summed E-state index contributed by atoms with van der Waals surface area (Å²) < 4.78 is 0. The van der Waals surface area contributed by atoms with Crippen LogP contribution in [0.15, 0.2) is 103 Å². The third-order valence-electron chi connectivity index (χ3n) is 5.04. The molecule has 0 saturated heterocycles. The normalized spacial score (nSPS) is 11.2. The van der Waals surface area contributed by atoms with E-state index in [-0.39, 0.29) is 57.1 Å². The first-order chi connectivity index (χ1) is 15.3. The Morgan fingerprint density at radius 1 is 0.406 bits per heavy atom. The molecule has 0 aromatic heterocycles. The summed E-state index contributed by atoms with van der Waals surface area (Å²) in [4.78, 5) is 0. The first kappa shape index (κ1) is 24.2. The predicted molar refractivity (Wildman–Crippen MR) is 141 cm³/mol. The van der Waals surface area contributed by atoms with Gasteiger partial charge in [-0.3, -0.25) is 0 Å². The number of hydrogen-bond donors (Lipinski definition) is 1. The molecule has 0 aliphatic carbocycles. The van der Waals surface area contributed by atoms with E-state index in [9.17, 15) is 5.11 Å². The fraction of sp³-hybridized carbons (Fsp3) is 0. The zero-order valence-electron chi connectivity index (χ0n) is 17.2. The topological polar surface area (TPSA) is 20.2 Å². The fourth-order valence-corrected chi connectivity index (χ4v) is 3.39. The average Bonchev–Trinajstić information content (AvgIpc) is 2.83. The van der Waals surface area contributed by atoms with Crippen LogP contribution in [0.4, 0.5) is 0 Å². The third-order valence-corrected chi connectivity index (χ3v) is 5.04. The summed E-state index contributed by atoms with van der Waals surface area (Å²) in [5, 5.41) is 10.7. The molecule has 0 heterocycles. The Morgan fingerprint density at radius 3 is 1.28 bits per heavy atom. The Bertz CT molecular complexity index is 1210. The van der Waals surface area contributed by atoms with E-state index in [2.05, 4.69) is 48.6 Å². The second kappa shape index (κ2) is 12.5. The number of rotatable bonds is 6. The molecule has 0 aliphatic rings. The van der Waals surface area contributed by atoms with Crippen molar-refractivity contribution in [2.75, 3.05) is 0 Å². The molecule has 1 nitrogen and oxygen atoms in total. The predicted octanol–water partition coefficient (Wildman–Crippen LogP) is 7.25. The molecule has 0 atom stereocenters. The van der Waals surface area contributed by atoms with Crippen LogP contribution in [0.3, 0.4) is 0 Å². The van der Waals surface area contributed by atoms with Crippen molar-refractivity contribution in [2.45, 2.75) is 0 Å². The first-order valence-electron chi connectivity index (χ1n) is 10.3. The Hall–Kier alpha value is -2.46. The average molecular weight is 441 g/mol. The molecule has 0 fully saturated rings. The van der Waals surface area contributed by atoms with Crippen molar-refractivity contribution < 1.29 is 5.11 Å². The molecule has 0 radical (unpaired) electrons. The Labute approximate surface area is 232 Å². The monoisotopic (exact) mass is 440 g/mol. The van der Waals surface area contributed by atoms with Crippen molar-refractivity contribution in [3.05, 3.63) is 137 Å². The Morgan fingerprint density at radius 2 is 0.812 bits per heavy atom. The van der Waals surface area contributed by atoms with Gasteiger partial charge in [0.05, 0.1) is 0 Å². The zero-order valence-corrected chi connectivity index (χ0v) is 17.2. The fourth-order valence-electron chi connectivity index (χ4n) is 3.39. The van der Waals surface area contributed by atoms with Crippen LogP contribution in [0.25, 0.3) is 36.5 Å². The molecular formula is C30H25KO. The summed E-state index contributed by atoms with van der Waals surface area (Å²) in [7, 11) is 0. The maximum absolute atomic E-state index is 10.7. The second-order valence-corrected chi connectivity index (χ2v) is 7.23. The van der Waals surface area contributed by atoms with E-state index in [1.165, 1.54) is 0 Å². The number of phenols is 1. The molecular weight excluding hydrogens is 415 g/mol. The molecule has 2 heteroatoms. The number of aromatic hydroxyl groups is 1. The molecule has 0 saturated carbocycles. The van der Waals surface area contributed by atoms with E-state index >= 15 is 0 Å². The Kier molecular flexibility index (Phi) is 9.48. The van der Waals surface area contributed by atoms with E-state index < -0.39 is 0 Å². The number of hydrogen-bond acceptors (Lipinski definition) is 1. The van der Waals surface area contributed by atoms with Crippen LogP contribution in [0, 0.1) is 0 Å². The molecule has 152 valence electrons. The van der Waals surface area contributed by atoms with Crippen LogP contribution in [0.1, 0.15) is 33.4 Å². The van der Waals surface area contributed by atoms with Crippen molar-refractivity contribution in [1.82, 2.24) is 0 Å². The van der Waals surface area contributed by atoms with E-state index in [1.54, 1.807) is 6.07 Å². The van der Waals surface area contributed by atoms with Gasteiger partial charge in [0, 0.05) is 5.56 Å². The summed E-state index contributed by atoms with van der Waals surface area (Å²) in [6.07, 6.45) is 12.4. The minimum atomic E-state index is 0. The van der Waals surface area contributed by atoms with Gasteiger partial charge >= 0.3 is 51.4 Å². The molecule has 0 spiro atoms. The van der Waals surface area contributed by atoms with Gasteiger partial charge in [0.15, 0.2) is 0 Å². The van der Waals surface area contributed by atoms with Crippen LogP contribution in [0.5, 0.6) is 5.75 Å². The van der Waals surface area contributed by atoms with Gasteiger partial charge < -0.3 is 5.11 Å². The summed E-state index contributed by atoms with van der Waals surface area (Å²) in [5.41, 5.74) is 6.15. The van der Waals surface area contributed by atoms with Crippen molar-refractivity contribution in [1.29, 1.82) is 0 Å². The van der Waals surface area contributed by atoms with Gasteiger partial charge in [-0.2, -0.15) is 0 Å². The molecule has 0 aliphatic heterocycles. The van der Waals surface area contributed by atoms with Crippen LogP contribution < -0.4 is 0 Å². The van der Waals surface area contributed by atoms with Gasteiger partial charge in [-0.25, -0.2) is 0 Å². The van der Waals surface area contributed by atoms with Crippen LogP contribution >= 0.6 is 0 Å². The van der Waals surface area contributed by atoms with E-state index in [1.807, 2.05) is 84.9 Å². The number of phenolic OH excluding ortho intramolecular Hbond substituents is 1. The molecule has 0 bridgehead atoms. The van der Waals surface area contributed by atoms with Crippen molar-refractivity contribution in [3.8, 4) is 5.75 Å². The third kappa shape index (κ3) is 6.77. The van der Waals surface area contributed by atoms with Crippen LogP contribution in [-0.4, -0.2) is 56.5 Å². The van der Waals surface area contributed by atoms with Gasteiger partial charge in [-0.1, -0.05) is 134 Å². The second-order valence-electron chi connectivity index (χ2n) is 7.23. The van der Waals surface area contributed by atoms with Gasteiger partial charge in [-0.05, 0) is 33.9 Å². The van der Waals surface area contributed by atoms with E-state index in [4.69, 9.17) is 0 Å². The molecule has 4 aromatic rings. The van der Waals surface area contributed by atoms with E-state index in [0.717, 1.165) is 33.4 Å². The molecule has 1 N–H and O–H groups in total. The molecule has 4 rings (SSSR count). The van der Waals surface area contributed by atoms with Crippen molar-refractivity contribution >= 4 is 87.8 Å². The van der Waals surface area contributed by atoms with Crippen LogP contribution in [0.2, 0.25) is 0 Å². The van der Waals surface area contributed by atoms with Crippen molar-refractivity contribution in [2.24, 2.45) is 0 Å². The molecule has 0 unspecified atom stereocenters. The SMILES string of the molecule is Oc1ccc(C=Cc2ccccc2)c(C=Cc2ccccc2)c1C=Cc1ccccc1.[KH]. The summed E-state index contributed by atoms with van der Waals surface area (Å²) in [6.45, 7) is 0. The standard InChI is InChI=1S/C30H24O.K.H/c31-30-23-20-27(19-16-24-10-4-1-5-11-24)28(21-17-25-12-6-2-7-13-25)29(30)22-18-26-14-8-3-9-15-26;;/h1-23,31H;;. The van der Waals surface area contributed by atoms with E-state index in [0.29, 0.717) is 0 Å². The summed E-state index contributed by atoms with van der Waals surface area (Å²) >= 11 is 0. The Balaban J connectivity index is 0.00000289. The molecule has 0 amide bonds. The molecule has 4 aromatic carbocycles. The van der Waals surface area contributed by atoms with Crippen LogP contribution in [-0.2, 0) is 0 Å². The summed E-state index contributed by atoms with van der Waals surface area (Å²) in [5.74, 6) is 0.261. The quantitative estimate of drug-likeness (QED) is 0.247. The maximum atomic E-state index is 10.7. The van der Waals surface area contributed by atoms with Crippen molar-refractivity contribution in [3.63, 3.8) is 0 Å². The van der Waals surface area contributed by atoms with Gasteiger partial charge in [-0.15, -0.1) is 0 Å². The summed E-state index contributed by atoms with van der Waals surface area (Å²) in [6, 6.07) is 34.2. The molecule has 32 heavy (non-hydrogen) atoms. The number of benzene rings is 4. The zero-order chi connectivity index (χ0) is 21.3. The first-order valence-corrected chi connectivity index (χ1v) is 10.3. The van der Waals surface area contributed by atoms with Gasteiger partial charge in [0.2, 0.25) is 0 Å². The van der Waals surface area contributed by atoms with Gasteiger partial charge in [0.25, 0.3) is 0 Å². The minimum absolute atomic E-state index is 0.